The van der Waals surface area contributed by atoms with Gasteiger partial charge in [0.2, 0.25) is 5.91 Å². The van der Waals surface area contributed by atoms with Crippen LogP contribution in [-0.2, 0) is 9.59 Å². The lowest BCUT2D eigenvalue weighted by Crippen LogP contribution is -2.54. The van der Waals surface area contributed by atoms with E-state index in [0.717, 1.165) is 19.3 Å². The standard InChI is InChI=1S/C17H27NO2/c1-7-8-12-9-13-10-17(13,11(2)19)16(12,6)14(20)18-15(3,4)5/h7,12-13H,1,8-10H2,2-6H3,(H,18,20)/t12?,13-,16?,17-/m1/s1. The largest absolute Gasteiger partial charge is 0.351 e. The molecule has 2 aliphatic rings. The number of fused-ring (bicyclic) bond motifs is 1. The van der Waals surface area contributed by atoms with Crippen molar-refractivity contribution in [2.45, 2.75) is 59.4 Å². The SMILES string of the molecule is C=CCC1C[C@@H]2C[C@]2(C(C)=O)C1(C)C(=O)NC(C)(C)C. The number of carbonyl (C=O) groups excluding carboxylic acids is 2. The maximum Gasteiger partial charge on any atom is 0.227 e. The third-order valence-corrected chi connectivity index (χ3v) is 5.46. The van der Waals surface area contributed by atoms with Gasteiger partial charge in [0.25, 0.3) is 0 Å². The summed E-state index contributed by atoms with van der Waals surface area (Å²) >= 11 is 0. The zero-order valence-corrected chi connectivity index (χ0v) is 13.4. The maximum atomic E-state index is 12.9. The third-order valence-electron chi connectivity index (χ3n) is 5.46. The van der Waals surface area contributed by atoms with Gasteiger partial charge in [-0.3, -0.25) is 9.59 Å². The Hall–Kier alpha value is -1.12. The van der Waals surface area contributed by atoms with E-state index in [0.29, 0.717) is 5.92 Å². The highest BCUT2D eigenvalue weighted by Gasteiger charge is 2.76. The van der Waals surface area contributed by atoms with Crippen LogP contribution >= 0.6 is 0 Å². The summed E-state index contributed by atoms with van der Waals surface area (Å²) in [5, 5.41) is 3.10. The molecule has 2 unspecified atom stereocenters. The van der Waals surface area contributed by atoms with Crippen LogP contribution in [0.25, 0.3) is 0 Å². The molecule has 2 rings (SSSR count). The fourth-order valence-corrected chi connectivity index (χ4v) is 4.38. The molecule has 0 saturated heterocycles. The van der Waals surface area contributed by atoms with Crippen LogP contribution in [0.4, 0.5) is 0 Å². The van der Waals surface area contributed by atoms with Crippen LogP contribution in [0.15, 0.2) is 12.7 Å². The van der Waals surface area contributed by atoms with E-state index in [-0.39, 0.29) is 23.1 Å². The summed E-state index contributed by atoms with van der Waals surface area (Å²) in [6.45, 7) is 13.4. The average molecular weight is 277 g/mol. The molecule has 0 spiro atoms. The molecule has 0 aromatic carbocycles. The third kappa shape index (κ3) is 1.94. The van der Waals surface area contributed by atoms with Crippen LogP contribution < -0.4 is 5.32 Å². The van der Waals surface area contributed by atoms with Gasteiger partial charge in [0.15, 0.2) is 0 Å². The van der Waals surface area contributed by atoms with Gasteiger partial charge in [0.1, 0.15) is 5.78 Å². The van der Waals surface area contributed by atoms with E-state index in [4.69, 9.17) is 0 Å². The number of hydrogen-bond acceptors (Lipinski definition) is 2. The Labute approximate surface area is 122 Å². The second-order valence-electron chi connectivity index (χ2n) is 7.79. The topological polar surface area (TPSA) is 46.2 Å². The van der Waals surface area contributed by atoms with E-state index in [1.165, 1.54) is 0 Å². The van der Waals surface area contributed by atoms with Crippen molar-refractivity contribution in [3.8, 4) is 0 Å². The van der Waals surface area contributed by atoms with Gasteiger partial charge in [-0.05, 0) is 65.7 Å². The number of amides is 1. The highest BCUT2D eigenvalue weighted by molar-refractivity contribution is 5.97. The number of Topliss-reactive ketones (excluding diaryl/α,β-unsaturated/α-hetero) is 1. The summed E-state index contributed by atoms with van der Waals surface area (Å²) in [4.78, 5) is 25.2. The molecule has 0 aliphatic heterocycles. The second-order valence-corrected chi connectivity index (χ2v) is 7.79. The molecule has 112 valence electrons. The monoisotopic (exact) mass is 277 g/mol. The minimum Gasteiger partial charge on any atom is -0.351 e. The molecule has 0 aromatic heterocycles. The molecule has 3 heteroatoms. The molecule has 20 heavy (non-hydrogen) atoms. The first-order valence-corrected chi connectivity index (χ1v) is 7.54. The van der Waals surface area contributed by atoms with Gasteiger partial charge in [0, 0.05) is 11.0 Å². The first-order valence-electron chi connectivity index (χ1n) is 7.54. The van der Waals surface area contributed by atoms with Crippen LogP contribution in [-0.4, -0.2) is 17.2 Å². The number of rotatable bonds is 4. The summed E-state index contributed by atoms with van der Waals surface area (Å²) in [5.74, 6) is 0.832. The number of allylic oxidation sites excluding steroid dienone is 1. The zero-order valence-electron chi connectivity index (χ0n) is 13.4. The molecule has 2 aliphatic carbocycles. The van der Waals surface area contributed by atoms with E-state index in [2.05, 4.69) is 11.9 Å². The van der Waals surface area contributed by atoms with Crippen LogP contribution in [0.1, 0.15) is 53.9 Å². The Morgan fingerprint density at radius 3 is 2.45 bits per heavy atom. The molecule has 0 bridgehead atoms. The number of nitrogens with one attached hydrogen (secondary N) is 1. The van der Waals surface area contributed by atoms with Crippen molar-refractivity contribution in [2.75, 3.05) is 0 Å². The normalized spacial score (nSPS) is 39.0. The first kappa shape index (κ1) is 15.3. The fraction of sp³-hybridized carbons (Fsp3) is 0.765. The van der Waals surface area contributed by atoms with Crippen molar-refractivity contribution >= 4 is 11.7 Å². The molecule has 0 aromatic rings. The van der Waals surface area contributed by atoms with E-state index in [1.807, 2.05) is 33.8 Å². The van der Waals surface area contributed by atoms with Gasteiger partial charge in [0.05, 0.1) is 5.41 Å². The predicted molar refractivity (Wildman–Crippen MR) is 80.1 cm³/mol. The van der Waals surface area contributed by atoms with Gasteiger partial charge < -0.3 is 5.32 Å². The van der Waals surface area contributed by atoms with E-state index in [1.54, 1.807) is 6.92 Å². The molecule has 2 fully saturated rings. The van der Waals surface area contributed by atoms with E-state index in [9.17, 15) is 9.59 Å². The van der Waals surface area contributed by atoms with E-state index >= 15 is 0 Å². The highest BCUT2D eigenvalue weighted by Crippen LogP contribution is 2.75. The Kier molecular flexibility index (Phi) is 3.39. The van der Waals surface area contributed by atoms with Crippen LogP contribution in [0.5, 0.6) is 0 Å². The lowest BCUT2D eigenvalue weighted by Gasteiger charge is -2.40. The Balaban J connectivity index is 2.38. The molecule has 4 atom stereocenters. The molecular weight excluding hydrogens is 250 g/mol. The van der Waals surface area contributed by atoms with Gasteiger partial charge in [-0.25, -0.2) is 0 Å². The molecule has 1 amide bonds. The van der Waals surface area contributed by atoms with Gasteiger partial charge in [-0.2, -0.15) is 0 Å². The van der Waals surface area contributed by atoms with Gasteiger partial charge in [-0.1, -0.05) is 6.08 Å². The van der Waals surface area contributed by atoms with Crippen molar-refractivity contribution in [1.29, 1.82) is 0 Å². The van der Waals surface area contributed by atoms with Crippen molar-refractivity contribution in [3.63, 3.8) is 0 Å². The van der Waals surface area contributed by atoms with E-state index < -0.39 is 10.8 Å². The molecule has 2 saturated carbocycles. The Morgan fingerprint density at radius 2 is 2.00 bits per heavy atom. The molecule has 0 radical (unpaired) electrons. The first-order chi connectivity index (χ1) is 9.09. The predicted octanol–water partition coefficient (Wildman–Crippen LogP) is 3.10. The summed E-state index contributed by atoms with van der Waals surface area (Å²) in [6, 6.07) is 0. The fourth-order valence-electron chi connectivity index (χ4n) is 4.38. The van der Waals surface area contributed by atoms with Gasteiger partial charge >= 0.3 is 0 Å². The highest BCUT2D eigenvalue weighted by atomic mass is 16.2. The second kappa shape index (κ2) is 4.44. The Bertz CT molecular complexity index is 462. The van der Waals surface area contributed by atoms with Crippen LogP contribution in [0.2, 0.25) is 0 Å². The maximum absolute atomic E-state index is 12.9. The molecule has 3 nitrogen and oxygen atoms in total. The number of carbonyl (C=O) groups is 2. The van der Waals surface area contributed by atoms with Crippen LogP contribution in [0, 0.1) is 22.7 Å². The van der Waals surface area contributed by atoms with Crippen molar-refractivity contribution in [3.05, 3.63) is 12.7 Å². The van der Waals surface area contributed by atoms with Gasteiger partial charge in [-0.15, -0.1) is 6.58 Å². The molecule has 0 heterocycles. The minimum absolute atomic E-state index is 0.0343. The van der Waals surface area contributed by atoms with Crippen LogP contribution in [0.3, 0.4) is 0 Å². The van der Waals surface area contributed by atoms with Crippen molar-refractivity contribution in [1.82, 2.24) is 5.32 Å². The summed E-state index contributed by atoms with van der Waals surface area (Å²) in [7, 11) is 0. The zero-order chi connectivity index (χ0) is 15.3. The summed E-state index contributed by atoms with van der Waals surface area (Å²) in [5.41, 5.74) is -1.29. The lowest BCUT2D eigenvalue weighted by atomic mass is 9.65. The quantitative estimate of drug-likeness (QED) is 0.803. The number of ketones is 1. The summed E-state index contributed by atoms with van der Waals surface area (Å²) < 4.78 is 0. The number of hydrogen-bond donors (Lipinski definition) is 1. The average Bonchev–Trinajstić information content (AvgIpc) is 2.95. The lowest BCUT2D eigenvalue weighted by molar-refractivity contribution is -0.144. The van der Waals surface area contributed by atoms with Crippen molar-refractivity contribution in [2.24, 2.45) is 22.7 Å². The smallest absolute Gasteiger partial charge is 0.227 e. The van der Waals surface area contributed by atoms with Crippen molar-refractivity contribution < 1.29 is 9.59 Å². The minimum atomic E-state index is -0.592. The summed E-state index contributed by atoms with van der Waals surface area (Å²) in [6.07, 6.45) is 4.54. The Morgan fingerprint density at radius 1 is 1.40 bits per heavy atom. The molecule has 1 N–H and O–H groups in total. The molecular formula is C17H27NO2.